The quantitative estimate of drug-likeness (QED) is 0.481. The molecule has 2 rings (SSSR count). The lowest BCUT2D eigenvalue weighted by molar-refractivity contribution is -0.384. The van der Waals surface area contributed by atoms with Crippen molar-refractivity contribution in [2.75, 3.05) is 0 Å². The van der Waals surface area contributed by atoms with Crippen molar-refractivity contribution in [1.29, 1.82) is 0 Å². The molecule has 0 atom stereocenters. The summed E-state index contributed by atoms with van der Waals surface area (Å²) in [6.45, 7) is 1.74. The fourth-order valence-electron chi connectivity index (χ4n) is 1.96. The van der Waals surface area contributed by atoms with Crippen LogP contribution in [-0.2, 0) is 6.42 Å². The molecule has 0 fully saturated rings. The highest BCUT2D eigenvalue weighted by molar-refractivity contribution is 9.10. The molecule has 2 aromatic carbocycles. The van der Waals surface area contributed by atoms with E-state index >= 15 is 0 Å². The van der Waals surface area contributed by atoms with Gasteiger partial charge in [0, 0.05) is 28.6 Å². The van der Waals surface area contributed by atoms with Crippen LogP contribution in [-0.4, -0.2) is 10.7 Å². The highest BCUT2D eigenvalue weighted by Crippen LogP contribution is 2.19. The number of halogens is 1. The number of nitro benzene ring substituents is 1. The van der Waals surface area contributed by atoms with Gasteiger partial charge in [-0.05, 0) is 36.2 Å². The second kappa shape index (κ2) is 5.96. The molecule has 0 aliphatic carbocycles. The first kappa shape index (κ1) is 14.4. The molecule has 0 saturated heterocycles. The van der Waals surface area contributed by atoms with Crippen LogP contribution in [0, 0.1) is 17.0 Å². The maximum atomic E-state index is 12.2. The molecule has 0 N–H and O–H groups in total. The van der Waals surface area contributed by atoms with Crippen molar-refractivity contribution in [3.63, 3.8) is 0 Å². The van der Waals surface area contributed by atoms with Crippen LogP contribution in [0.15, 0.2) is 46.9 Å². The van der Waals surface area contributed by atoms with Crippen LogP contribution in [0.4, 0.5) is 5.69 Å². The minimum atomic E-state index is -0.483. The normalized spacial score (nSPS) is 10.3. The average Bonchev–Trinajstić information content (AvgIpc) is 2.37. The van der Waals surface area contributed by atoms with Crippen molar-refractivity contribution in [3.05, 3.63) is 73.7 Å². The van der Waals surface area contributed by atoms with Crippen LogP contribution in [0.3, 0.4) is 0 Å². The molecule has 0 radical (unpaired) electrons. The summed E-state index contributed by atoms with van der Waals surface area (Å²) in [4.78, 5) is 22.6. The minimum absolute atomic E-state index is 0.0532. The molecule has 0 bridgehead atoms. The first-order valence-corrected chi connectivity index (χ1v) is 6.79. The molecule has 0 heterocycles. The van der Waals surface area contributed by atoms with Crippen LogP contribution in [0.25, 0.3) is 0 Å². The molecule has 102 valence electrons. The third-order valence-corrected chi connectivity index (χ3v) is 3.34. The molecule has 5 heteroatoms. The SMILES string of the molecule is Cc1cc(C(=O)Cc2cccc(Br)c2)cc([N+](=O)[O-])c1. The maximum Gasteiger partial charge on any atom is 0.270 e. The van der Waals surface area contributed by atoms with Gasteiger partial charge in [-0.15, -0.1) is 0 Å². The first-order valence-electron chi connectivity index (χ1n) is 5.99. The van der Waals surface area contributed by atoms with E-state index in [0.29, 0.717) is 11.1 Å². The third-order valence-electron chi connectivity index (χ3n) is 2.85. The van der Waals surface area contributed by atoms with E-state index in [-0.39, 0.29) is 17.9 Å². The molecular weight excluding hydrogens is 322 g/mol. The number of hydrogen-bond acceptors (Lipinski definition) is 3. The van der Waals surface area contributed by atoms with Gasteiger partial charge in [0.2, 0.25) is 0 Å². The van der Waals surface area contributed by atoms with E-state index in [0.717, 1.165) is 10.0 Å². The number of ketones is 1. The smallest absolute Gasteiger partial charge is 0.270 e. The highest BCUT2D eigenvalue weighted by atomic mass is 79.9. The number of carbonyl (C=O) groups is 1. The van der Waals surface area contributed by atoms with Crippen molar-refractivity contribution < 1.29 is 9.72 Å². The number of non-ortho nitro benzene ring substituents is 1. The number of Topliss-reactive ketones (excluding diaryl/α,β-unsaturated/α-hetero) is 1. The van der Waals surface area contributed by atoms with E-state index in [1.54, 1.807) is 13.0 Å². The van der Waals surface area contributed by atoms with Crippen LogP contribution in [0.5, 0.6) is 0 Å². The second-order valence-corrected chi connectivity index (χ2v) is 5.46. The lowest BCUT2D eigenvalue weighted by Crippen LogP contribution is -2.05. The van der Waals surface area contributed by atoms with Gasteiger partial charge in [0.15, 0.2) is 5.78 Å². The molecular formula is C15H12BrNO3. The van der Waals surface area contributed by atoms with Gasteiger partial charge in [-0.25, -0.2) is 0 Å². The molecule has 2 aromatic rings. The number of aryl methyl sites for hydroxylation is 1. The predicted molar refractivity (Wildman–Crippen MR) is 80.0 cm³/mol. The Hall–Kier alpha value is -2.01. The zero-order valence-electron chi connectivity index (χ0n) is 10.8. The average molecular weight is 334 g/mol. The Morgan fingerprint density at radius 1 is 1.25 bits per heavy atom. The number of rotatable bonds is 4. The Balaban J connectivity index is 2.27. The summed E-state index contributed by atoms with van der Waals surface area (Å²) in [5.74, 6) is -0.130. The predicted octanol–water partition coefficient (Wildman–Crippen LogP) is 4.09. The minimum Gasteiger partial charge on any atom is -0.294 e. The monoisotopic (exact) mass is 333 g/mol. The first-order chi connectivity index (χ1) is 9.45. The molecule has 0 saturated carbocycles. The number of hydrogen-bond donors (Lipinski definition) is 0. The summed E-state index contributed by atoms with van der Waals surface area (Å²) in [7, 11) is 0. The zero-order valence-corrected chi connectivity index (χ0v) is 12.4. The Morgan fingerprint density at radius 3 is 2.65 bits per heavy atom. The van der Waals surface area contributed by atoms with Gasteiger partial charge < -0.3 is 0 Å². The van der Waals surface area contributed by atoms with Crippen molar-refractivity contribution >= 4 is 27.4 Å². The van der Waals surface area contributed by atoms with Gasteiger partial charge in [0.05, 0.1) is 4.92 Å². The highest BCUT2D eigenvalue weighted by Gasteiger charge is 2.13. The molecule has 0 aromatic heterocycles. The second-order valence-electron chi connectivity index (χ2n) is 4.54. The number of nitrogens with zero attached hydrogens (tertiary/aromatic N) is 1. The van der Waals surface area contributed by atoms with E-state index in [4.69, 9.17) is 0 Å². The lowest BCUT2D eigenvalue weighted by Gasteiger charge is -2.04. The topological polar surface area (TPSA) is 60.2 Å². The largest absolute Gasteiger partial charge is 0.294 e. The fraction of sp³-hybridized carbons (Fsp3) is 0.133. The Bertz CT molecular complexity index is 683. The summed E-state index contributed by atoms with van der Waals surface area (Å²) in [5, 5.41) is 10.8. The van der Waals surface area contributed by atoms with Crippen molar-refractivity contribution in [1.82, 2.24) is 0 Å². The van der Waals surface area contributed by atoms with Crippen LogP contribution < -0.4 is 0 Å². The Morgan fingerprint density at radius 2 is 2.00 bits per heavy atom. The molecule has 0 aliphatic rings. The fourth-order valence-corrected chi connectivity index (χ4v) is 2.41. The summed E-state index contributed by atoms with van der Waals surface area (Å²) < 4.78 is 0.901. The van der Waals surface area contributed by atoms with E-state index in [1.807, 2.05) is 24.3 Å². The van der Waals surface area contributed by atoms with E-state index in [2.05, 4.69) is 15.9 Å². The molecule has 0 spiro atoms. The molecule has 0 unspecified atom stereocenters. The van der Waals surface area contributed by atoms with Crippen molar-refractivity contribution in [3.8, 4) is 0 Å². The number of nitro groups is 1. The third kappa shape index (κ3) is 3.51. The number of carbonyl (C=O) groups excluding carboxylic acids is 1. The standard InChI is InChI=1S/C15H12BrNO3/c1-10-5-12(9-14(6-10)17(19)20)15(18)8-11-3-2-4-13(16)7-11/h2-7,9H,8H2,1H3. The van der Waals surface area contributed by atoms with E-state index < -0.39 is 4.92 Å². The van der Waals surface area contributed by atoms with Crippen LogP contribution >= 0.6 is 15.9 Å². The van der Waals surface area contributed by atoms with Gasteiger partial charge in [0.25, 0.3) is 5.69 Å². The van der Waals surface area contributed by atoms with E-state index in [9.17, 15) is 14.9 Å². The summed E-state index contributed by atoms with van der Waals surface area (Å²) in [6, 6.07) is 11.9. The summed E-state index contributed by atoms with van der Waals surface area (Å²) in [5.41, 5.74) is 1.89. The lowest BCUT2D eigenvalue weighted by atomic mass is 10.0. The molecule has 4 nitrogen and oxygen atoms in total. The van der Waals surface area contributed by atoms with Crippen molar-refractivity contribution in [2.45, 2.75) is 13.3 Å². The van der Waals surface area contributed by atoms with Gasteiger partial charge in [-0.1, -0.05) is 28.1 Å². The maximum absolute atomic E-state index is 12.2. The molecule has 0 amide bonds. The van der Waals surface area contributed by atoms with E-state index in [1.165, 1.54) is 12.1 Å². The number of benzene rings is 2. The molecule has 20 heavy (non-hydrogen) atoms. The summed E-state index contributed by atoms with van der Waals surface area (Å²) in [6.07, 6.45) is 0.222. The van der Waals surface area contributed by atoms with Crippen molar-refractivity contribution in [2.24, 2.45) is 0 Å². The Kier molecular flexibility index (Phi) is 4.29. The van der Waals surface area contributed by atoms with Gasteiger partial charge >= 0.3 is 0 Å². The van der Waals surface area contributed by atoms with Crippen LogP contribution in [0.1, 0.15) is 21.5 Å². The van der Waals surface area contributed by atoms with Gasteiger partial charge in [-0.2, -0.15) is 0 Å². The van der Waals surface area contributed by atoms with Gasteiger partial charge in [-0.3, -0.25) is 14.9 Å². The van der Waals surface area contributed by atoms with Crippen LogP contribution in [0.2, 0.25) is 0 Å². The van der Waals surface area contributed by atoms with Gasteiger partial charge in [0.1, 0.15) is 0 Å². The zero-order chi connectivity index (χ0) is 14.7. The Labute approximate surface area is 124 Å². The molecule has 0 aliphatic heterocycles. The summed E-state index contributed by atoms with van der Waals surface area (Å²) >= 11 is 3.35.